The second kappa shape index (κ2) is 8.14. The summed E-state index contributed by atoms with van der Waals surface area (Å²) >= 11 is 0. The van der Waals surface area contributed by atoms with Gasteiger partial charge < -0.3 is 15.2 Å². The van der Waals surface area contributed by atoms with Gasteiger partial charge in [-0.2, -0.15) is 0 Å². The Labute approximate surface area is 148 Å². The number of nitrogens with two attached hydrogens (primary N) is 1. The van der Waals surface area contributed by atoms with Gasteiger partial charge in [-0.15, -0.1) is 0 Å². The number of hydrogen-bond donors (Lipinski definition) is 1. The van der Waals surface area contributed by atoms with Crippen LogP contribution < -0.4 is 10.5 Å². The van der Waals surface area contributed by atoms with Gasteiger partial charge in [-0.1, -0.05) is 30.3 Å². The lowest BCUT2D eigenvalue weighted by atomic mass is 10.0. The van der Waals surface area contributed by atoms with E-state index in [-0.39, 0.29) is 0 Å². The first kappa shape index (κ1) is 17.5. The van der Waals surface area contributed by atoms with Crippen molar-refractivity contribution in [3.05, 3.63) is 54.1 Å². The molecule has 0 bridgehead atoms. The summed E-state index contributed by atoms with van der Waals surface area (Å²) in [6, 6.07) is 16.2. The lowest BCUT2D eigenvalue weighted by Crippen LogP contribution is -2.35. The average molecular weight is 340 g/mol. The van der Waals surface area contributed by atoms with Crippen molar-refractivity contribution in [1.82, 2.24) is 4.90 Å². The maximum Gasteiger partial charge on any atom is 0.258 e. The van der Waals surface area contributed by atoms with Crippen LogP contribution >= 0.6 is 0 Å². The molecule has 3 rings (SSSR count). The molecule has 0 spiro atoms. The lowest BCUT2D eigenvalue weighted by Gasteiger charge is -2.26. The van der Waals surface area contributed by atoms with Crippen LogP contribution in [0.3, 0.4) is 0 Å². The molecule has 1 aliphatic heterocycles. The van der Waals surface area contributed by atoms with E-state index in [0.29, 0.717) is 5.75 Å². The summed E-state index contributed by atoms with van der Waals surface area (Å²) in [6.45, 7) is 6.12. The first-order valence-corrected chi connectivity index (χ1v) is 8.57. The number of morpholine rings is 1. The van der Waals surface area contributed by atoms with Crippen molar-refractivity contribution in [2.45, 2.75) is 19.6 Å². The minimum Gasteiger partial charge on any atom is -0.481 e. The molecule has 2 aromatic carbocycles. The third kappa shape index (κ3) is 4.81. The minimum absolute atomic E-state index is 0.474. The van der Waals surface area contributed by atoms with Crippen LogP contribution in [0.15, 0.2) is 48.5 Å². The van der Waals surface area contributed by atoms with Gasteiger partial charge in [0.1, 0.15) is 5.75 Å². The maximum atomic E-state index is 11.2. The zero-order chi connectivity index (χ0) is 17.6. The van der Waals surface area contributed by atoms with E-state index in [4.69, 9.17) is 15.2 Å². The fourth-order valence-corrected chi connectivity index (χ4v) is 2.88. The van der Waals surface area contributed by atoms with E-state index < -0.39 is 12.0 Å². The van der Waals surface area contributed by atoms with Gasteiger partial charge in [-0.25, -0.2) is 0 Å². The summed E-state index contributed by atoms with van der Waals surface area (Å²) < 4.78 is 11.0. The molecule has 1 unspecified atom stereocenters. The second-order valence-electron chi connectivity index (χ2n) is 6.28. The van der Waals surface area contributed by atoms with Crippen LogP contribution in [0.2, 0.25) is 0 Å². The van der Waals surface area contributed by atoms with Gasteiger partial charge in [-0.3, -0.25) is 9.69 Å². The summed E-state index contributed by atoms with van der Waals surface area (Å²) in [5, 5.41) is 0. The highest BCUT2D eigenvalue weighted by Crippen LogP contribution is 2.25. The molecule has 2 N–H and O–H groups in total. The fraction of sp³-hybridized carbons (Fsp3) is 0.350. The standard InChI is InChI=1S/C20H24N2O3/c1-15(20(21)23)25-19-7-3-6-18(13-19)17-5-2-4-16(12-17)14-22-8-10-24-11-9-22/h2-7,12-13,15H,8-11,14H2,1H3,(H2,21,23). The van der Waals surface area contributed by atoms with E-state index in [9.17, 15) is 4.79 Å². The Morgan fingerprint density at radius 2 is 1.84 bits per heavy atom. The van der Waals surface area contributed by atoms with E-state index in [1.165, 1.54) is 5.56 Å². The number of primary amides is 1. The molecule has 1 aliphatic rings. The summed E-state index contributed by atoms with van der Waals surface area (Å²) in [5.41, 5.74) is 8.72. The van der Waals surface area contributed by atoms with E-state index in [2.05, 4.69) is 29.2 Å². The molecular formula is C20H24N2O3. The number of rotatable bonds is 6. The zero-order valence-corrected chi connectivity index (χ0v) is 14.5. The van der Waals surface area contributed by atoms with Gasteiger partial charge in [0.2, 0.25) is 0 Å². The van der Waals surface area contributed by atoms with Gasteiger partial charge in [0.25, 0.3) is 5.91 Å². The van der Waals surface area contributed by atoms with Crippen molar-refractivity contribution in [3.8, 4) is 16.9 Å². The maximum absolute atomic E-state index is 11.2. The Balaban J connectivity index is 1.75. The van der Waals surface area contributed by atoms with Crippen LogP contribution in [0.25, 0.3) is 11.1 Å². The summed E-state index contributed by atoms with van der Waals surface area (Å²) in [4.78, 5) is 13.6. The number of benzene rings is 2. The molecule has 0 aliphatic carbocycles. The van der Waals surface area contributed by atoms with E-state index in [1.54, 1.807) is 6.92 Å². The highest BCUT2D eigenvalue weighted by atomic mass is 16.5. The molecule has 1 amide bonds. The lowest BCUT2D eigenvalue weighted by molar-refractivity contribution is -0.123. The van der Waals surface area contributed by atoms with E-state index in [0.717, 1.165) is 44.0 Å². The molecule has 132 valence electrons. The van der Waals surface area contributed by atoms with Crippen LogP contribution in [0.4, 0.5) is 0 Å². The second-order valence-corrected chi connectivity index (χ2v) is 6.28. The first-order valence-electron chi connectivity index (χ1n) is 8.57. The SMILES string of the molecule is CC(Oc1cccc(-c2cccc(CN3CCOCC3)c2)c1)C(N)=O. The van der Waals surface area contributed by atoms with Crippen LogP contribution in [-0.4, -0.2) is 43.2 Å². The Bertz CT molecular complexity index is 726. The van der Waals surface area contributed by atoms with Crippen molar-refractivity contribution >= 4 is 5.91 Å². The average Bonchev–Trinajstić information content (AvgIpc) is 2.63. The molecule has 1 fully saturated rings. The van der Waals surface area contributed by atoms with Gasteiger partial charge in [-0.05, 0) is 41.8 Å². The highest BCUT2D eigenvalue weighted by Gasteiger charge is 2.12. The number of carbonyl (C=O) groups excluding carboxylic acids is 1. The van der Waals surface area contributed by atoms with Crippen LogP contribution in [-0.2, 0) is 16.1 Å². The van der Waals surface area contributed by atoms with Gasteiger partial charge in [0.15, 0.2) is 6.10 Å². The van der Waals surface area contributed by atoms with Gasteiger partial charge in [0, 0.05) is 19.6 Å². The third-order valence-electron chi connectivity index (χ3n) is 4.32. The van der Waals surface area contributed by atoms with Crippen molar-refractivity contribution in [1.29, 1.82) is 0 Å². The number of carbonyl (C=O) groups is 1. The molecule has 0 aromatic heterocycles. The molecule has 1 saturated heterocycles. The summed E-state index contributed by atoms with van der Waals surface area (Å²) in [6.07, 6.45) is -0.650. The number of nitrogens with zero attached hydrogens (tertiary/aromatic N) is 1. The number of ether oxygens (including phenoxy) is 2. The smallest absolute Gasteiger partial charge is 0.258 e. The minimum atomic E-state index is -0.650. The molecule has 2 aromatic rings. The van der Waals surface area contributed by atoms with Crippen molar-refractivity contribution in [2.75, 3.05) is 26.3 Å². The molecule has 5 heteroatoms. The topological polar surface area (TPSA) is 64.8 Å². The van der Waals surface area contributed by atoms with Crippen LogP contribution in [0.1, 0.15) is 12.5 Å². The Hall–Kier alpha value is -2.37. The third-order valence-corrected chi connectivity index (χ3v) is 4.32. The molecular weight excluding hydrogens is 316 g/mol. The van der Waals surface area contributed by atoms with E-state index in [1.807, 2.05) is 24.3 Å². The zero-order valence-electron chi connectivity index (χ0n) is 14.5. The van der Waals surface area contributed by atoms with E-state index >= 15 is 0 Å². The van der Waals surface area contributed by atoms with Gasteiger partial charge in [0.05, 0.1) is 13.2 Å². The highest BCUT2D eigenvalue weighted by molar-refractivity contribution is 5.78. The number of amides is 1. The monoisotopic (exact) mass is 340 g/mol. The largest absolute Gasteiger partial charge is 0.481 e. The Kier molecular flexibility index (Phi) is 5.68. The van der Waals surface area contributed by atoms with Crippen molar-refractivity contribution in [2.24, 2.45) is 5.73 Å². The molecule has 0 saturated carbocycles. The van der Waals surface area contributed by atoms with Crippen LogP contribution in [0.5, 0.6) is 5.75 Å². The quantitative estimate of drug-likeness (QED) is 0.877. The molecule has 25 heavy (non-hydrogen) atoms. The first-order chi connectivity index (χ1) is 12.1. The molecule has 1 heterocycles. The number of hydrogen-bond acceptors (Lipinski definition) is 4. The van der Waals surface area contributed by atoms with Crippen molar-refractivity contribution < 1.29 is 14.3 Å². The Morgan fingerprint density at radius 3 is 2.56 bits per heavy atom. The predicted octanol–water partition coefficient (Wildman–Crippen LogP) is 2.44. The fourth-order valence-electron chi connectivity index (χ4n) is 2.88. The normalized spacial score (nSPS) is 16.4. The molecule has 1 atom stereocenters. The summed E-state index contributed by atoms with van der Waals surface area (Å²) in [5.74, 6) is 0.167. The molecule has 0 radical (unpaired) electrons. The van der Waals surface area contributed by atoms with Gasteiger partial charge >= 0.3 is 0 Å². The molecule has 5 nitrogen and oxygen atoms in total. The van der Waals surface area contributed by atoms with Crippen molar-refractivity contribution in [3.63, 3.8) is 0 Å². The van der Waals surface area contributed by atoms with Crippen LogP contribution in [0, 0.1) is 0 Å². The Morgan fingerprint density at radius 1 is 1.16 bits per heavy atom. The summed E-state index contributed by atoms with van der Waals surface area (Å²) in [7, 11) is 0. The predicted molar refractivity (Wildman–Crippen MR) is 97.3 cm³/mol.